The molecule has 32 heavy (non-hydrogen) atoms. The van der Waals surface area contributed by atoms with Crippen LogP contribution in [0.4, 0.5) is 0 Å². The highest BCUT2D eigenvalue weighted by Gasteiger charge is 2.22. The van der Waals surface area contributed by atoms with Gasteiger partial charge in [0, 0.05) is 38.4 Å². The molecule has 0 radical (unpaired) electrons. The lowest BCUT2D eigenvalue weighted by atomic mass is 10.0. The van der Waals surface area contributed by atoms with Gasteiger partial charge in [-0.15, -0.1) is 0 Å². The van der Waals surface area contributed by atoms with Crippen molar-refractivity contribution in [1.82, 2.24) is 14.8 Å². The smallest absolute Gasteiger partial charge is 0.267 e. The van der Waals surface area contributed by atoms with Gasteiger partial charge in [-0.25, -0.2) is 0 Å². The quantitative estimate of drug-likeness (QED) is 0.527. The van der Waals surface area contributed by atoms with Crippen LogP contribution in [0.3, 0.4) is 0 Å². The first kappa shape index (κ1) is 23.1. The van der Waals surface area contributed by atoms with Crippen LogP contribution < -0.4 is 10.1 Å². The van der Waals surface area contributed by atoms with E-state index in [1.807, 2.05) is 63.6 Å². The number of likely N-dealkylation sites (N-methyl/N-ethyl adjacent to an activating group) is 1. The van der Waals surface area contributed by atoms with E-state index in [-0.39, 0.29) is 17.9 Å². The zero-order chi connectivity index (χ0) is 22.9. The zero-order valence-corrected chi connectivity index (χ0v) is 19.0. The number of carbonyl (C=O) groups excluding carboxylic acids is 2. The summed E-state index contributed by atoms with van der Waals surface area (Å²) in [6, 6.07) is 20.9. The molecule has 6 nitrogen and oxygen atoms in total. The number of nitrogens with zero attached hydrogens (tertiary/aromatic N) is 2. The number of benzene rings is 2. The van der Waals surface area contributed by atoms with E-state index >= 15 is 0 Å². The molecule has 2 aromatic carbocycles. The Morgan fingerprint density at radius 1 is 1.06 bits per heavy atom. The van der Waals surface area contributed by atoms with Gasteiger partial charge in [-0.2, -0.15) is 0 Å². The summed E-state index contributed by atoms with van der Waals surface area (Å²) in [6.45, 7) is 2.93. The number of aromatic nitrogens is 1. The second kappa shape index (κ2) is 11.2. The molecule has 1 aromatic heterocycles. The molecule has 0 fully saturated rings. The number of carbonyl (C=O) groups is 2. The Kier molecular flexibility index (Phi) is 8.08. The number of aryl methyl sites for hydroxylation is 1. The van der Waals surface area contributed by atoms with Gasteiger partial charge in [0.05, 0.1) is 6.61 Å². The van der Waals surface area contributed by atoms with E-state index in [0.29, 0.717) is 43.0 Å². The number of rotatable bonds is 10. The summed E-state index contributed by atoms with van der Waals surface area (Å²) >= 11 is 0. The number of ether oxygens (including phenoxy) is 1. The normalized spacial score (nSPS) is 11.6. The molecule has 0 spiro atoms. The highest BCUT2D eigenvalue weighted by Crippen LogP contribution is 2.18. The molecule has 2 amide bonds. The van der Waals surface area contributed by atoms with Crippen molar-refractivity contribution in [3.63, 3.8) is 0 Å². The van der Waals surface area contributed by atoms with E-state index in [1.54, 1.807) is 27.7 Å². The minimum absolute atomic E-state index is 0.0683. The minimum atomic E-state index is -0.116. The lowest BCUT2D eigenvalue weighted by molar-refractivity contribution is 0.0722. The van der Waals surface area contributed by atoms with Crippen molar-refractivity contribution in [3.8, 4) is 5.75 Å². The van der Waals surface area contributed by atoms with E-state index in [4.69, 9.17) is 4.74 Å². The average Bonchev–Trinajstić information content (AvgIpc) is 3.24. The van der Waals surface area contributed by atoms with Crippen molar-refractivity contribution in [1.29, 1.82) is 0 Å². The first-order valence-corrected chi connectivity index (χ1v) is 10.9. The zero-order valence-electron chi connectivity index (χ0n) is 19.0. The molecule has 6 heteroatoms. The van der Waals surface area contributed by atoms with Crippen molar-refractivity contribution in [2.24, 2.45) is 7.05 Å². The second-order valence-electron chi connectivity index (χ2n) is 7.77. The Bertz CT molecular complexity index is 1030. The highest BCUT2D eigenvalue weighted by atomic mass is 16.5. The van der Waals surface area contributed by atoms with Crippen LogP contribution in [0.5, 0.6) is 5.75 Å². The Morgan fingerprint density at radius 3 is 2.53 bits per heavy atom. The Morgan fingerprint density at radius 2 is 1.84 bits per heavy atom. The molecule has 0 saturated carbocycles. The summed E-state index contributed by atoms with van der Waals surface area (Å²) in [5.41, 5.74) is 2.35. The number of nitrogens with one attached hydrogen (secondary N) is 1. The van der Waals surface area contributed by atoms with E-state index in [0.717, 1.165) is 5.56 Å². The third-order valence-electron chi connectivity index (χ3n) is 5.51. The monoisotopic (exact) mass is 433 g/mol. The molecule has 0 unspecified atom stereocenters. The van der Waals surface area contributed by atoms with Crippen LogP contribution >= 0.6 is 0 Å². The van der Waals surface area contributed by atoms with Crippen molar-refractivity contribution >= 4 is 11.8 Å². The van der Waals surface area contributed by atoms with Crippen LogP contribution in [0.15, 0.2) is 72.9 Å². The molecule has 1 heterocycles. The molecule has 168 valence electrons. The van der Waals surface area contributed by atoms with Crippen molar-refractivity contribution in [2.45, 2.75) is 25.8 Å². The third-order valence-corrected chi connectivity index (χ3v) is 5.51. The van der Waals surface area contributed by atoms with Crippen LogP contribution in [0.25, 0.3) is 0 Å². The third kappa shape index (κ3) is 6.00. The number of hydrogen-bond acceptors (Lipinski definition) is 3. The summed E-state index contributed by atoms with van der Waals surface area (Å²) in [7, 11) is 3.66. The molecule has 0 bridgehead atoms. The minimum Gasteiger partial charge on any atom is -0.494 e. The van der Waals surface area contributed by atoms with Crippen molar-refractivity contribution in [2.75, 3.05) is 20.2 Å². The van der Waals surface area contributed by atoms with Crippen LogP contribution in [0.1, 0.15) is 39.8 Å². The molecule has 0 saturated heterocycles. The van der Waals surface area contributed by atoms with E-state index < -0.39 is 0 Å². The molecular weight excluding hydrogens is 402 g/mol. The first-order valence-electron chi connectivity index (χ1n) is 10.9. The molecule has 1 N–H and O–H groups in total. The Hall–Kier alpha value is -3.54. The number of amides is 2. The van der Waals surface area contributed by atoms with Crippen LogP contribution in [-0.4, -0.2) is 47.5 Å². The van der Waals surface area contributed by atoms with Crippen molar-refractivity contribution < 1.29 is 14.3 Å². The van der Waals surface area contributed by atoms with Gasteiger partial charge in [0.1, 0.15) is 11.4 Å². The Balaban J connectivity index is 1.71. The topological polar surface area (TPSA) is 63.6 Å². The van der Waals surface area contributed by atoms with E-state index in [2.05, 4.69) is 17.4 Å². The molecule has 3 aromatic rings. The standard InChI is InChI=1S/C26H31N3O3/c1-4-32-23-13-8-12-21(19-23)26(31)29(3)22(18-20-10-6-5-7-11-20)15-16-27-25(30)24-14-9-17-28(24)2/h5-14,17,19,22H,4,15-16,18H2,1-3H3,(H,27,30)/t22-/m1/s1. The van der Waals surface area contributed by atoms with E-state index in [9.17, 15) is 9.59 Å². The largest absolute Gasteiger partial charge is 0.494 e. The summed E-state index contributed by atoms with van der Waals surface area (Å²) in [4.78, 5) is 27.5. The van der Waals surface area contributed by atoms with Crippen LogP contribution in [-0.2, 0) is 13.5 Å². The summed E-state index contributed by atoms with van der Waals surface area (Å²) in [6.07, 6.45) is 3.18. The Labute approximate surface area is 189 Å². The van der Waals surface area contributed by atoms with Crippen molar-refractivity contribution in [3.05, 3.63) is 89.7 Å². The molecular formula is C26H31N3O3. The van der Waals surface area contributed by atoms with Crippen LogP contribution in [0, 0.1) is 0 Å². The van der Waals surface area contributed by atoms with E-state index in [1.165, 1.54) is 0 Å². The maximum atomic E-state index is 13.2. The first-order chi connectivity index (χ1) is 15.5. The summed E-state index contributed by atoms with van der Waals surface area (Å²) in [5, 5.41) is 2.98. The van der Waals surface area contributed by atoms with Gasteiger partial charge in [0.2, 0.25) is 0 Å². The van der Waals surface area contributed by atoms with Gasteiger partial charge in [-0.1, -0.05) is 36.4 Å². The van der Waals surface area contributed by atoms with Gasteiger partial charge in [0.25, 0.3) is 11.8 Å². The maximum absolute atomic E-state index is 13.2. The molecule has 1 atom stereocenters. The van der Waals surface area contributed by atoms with Crippen LogP contribution in [0.2, 0.25) is 0 Å². The number of hydrogen-bond donors (Lipinski definition) is 1. The predicted octanol–water partition coefficient (Wildman–Crippen LogP) is 3.93. The van der Waals surface area contributed by atoms with Gasteiger partial charge >= 0.3 is 0 Å². The maximum Gasteiger partial charge on any atom is 0.267 e. The average molecular weight is 434 g/mol. The van der Waals surface area contributed by atoms with Gasteiger partial charge in [-0.3, -0.25) is 9.59 Å². The molecule has 0 aliphatic rings. The fourth-order valence-corrected chi connectivity index (χ4v) is 3.71. The molecule has 0 aliphatic heterocycles. The fraction of sp³-hybridized carbons (Fsp3) is 0.308. The lowest BCUT2D eigenvalue weighted by Gasteiger charge is -2.29. The summed E-state index contributed by atoms with van der Waals surface area (Å²) in [5.74, 6) is 0.497. The van der Waals surface area contributed by atoms with Gasteiger partial charge in [0.15, 0.2) is 0 Å². The highest BCUT2D eigenvalue weighted by molar-refractivity contribution is 5.94. The second-order valence-corrected chi connectivity index (χ2v) is 7.77. The fourth-order valence-electron chi connectivity index (χ4n) is 3.71. The lowest BCUT2D eigenvalue weighted by Crippen LogP contribution is -2.41. The SMILES string of the molecule is CCOc1cccc(C(=O)N(C)[C@H](CCNC(=O)c2cccn2C)Cc2ccccc2)c1. The summed E-state index contributed by atoms with van der Waals surface area (Å²) < 4.78 is 7.34. The molecule has 0 aliphatic carbocycles. The predicted molar refractivity (Wildman–Crippen MR) is 126 cm³/mol. The molecule has 3 rings (SSSR count). The van der Waals surface area contributed by atoms with Gasteiger partial charge in [-0.05, 0) is 55.7 Å². The van der Waals surface area contributed by atoms with Gasteiger partial charge < -0.3 is 19.5 Å².